The van der Waals surface area contributed by atoms with Crippen LogP contribution in [0, 0.1) is 0 Å². The molecule has 0 saturated heterocycles. The molecule has 23 heavy (non-hydrogen) atoms. The summed E-state index contributed by atoms with van der Waals surface area (Å²) in [5.74, 6) is 1.12. The highest BCUT2D eigenvalue weighted by Crippen LogP contribution is 2.23. The summed E-state index contributed by atoms with van der Waals surface area (Å²) in [6, 6.07) is 13.9. The fourth-order valence-electron chi connectivity index (χ4n) is 2.21. The summed E-state index contributed by atoms with van der Waals surface area (Å²) >= 11 is 0. The van der Waals surface area contributed by atoms with Gasteiger partial charge in [-0.15, -0.1) is 0 Å². The zero-order chi connectivity index (χ0) is 16.9. The standard InChI is InChI=1S/C18H23NO3S/c1-4-14(3)15-6-8-16(9-7-15)19-23(20,21)18-12-10-17(11-13-18)22-5-2/h6-14,19H,4-5H2,1-3H3. The first kappa shape index (κ1) is 17.3. The lowest BCUT2D eigenvalue weighted by atomic mass is 9.99. The predicted molar refractivity (Wildman–Crippen MR) is 93.6 cm³/mol. The van der Waals surface area contributed by atoms with Crippen molar-refractivity contribution in [2.75, 3.05) is 11.3 Å². The molecule has 2 aromatic carbocycles. The van der Waals surface area contributed by atoms with Gasteiger partial charge in [-0.3, -0.25) is 4.72 Å². The van der Waals surface area contributed by atoms with Crippen molar-refractivity contribution >= 4 is 15.7 Å². The van der Waals surface area contributed by atoms with Crippen LogP contribution >= 0.6 is 0 Å². The fourth-order valence-corrected chi connectivity index (χ4v) is 3.27. The molecule has 124 valence electrons. The Morgan fingerprint density at radius 3 is 2.13 bits per heavy atom. The van der Waals surface area contributed by atoms with E-state index in [4.69, 9.17) is 4.74 Å². The fraction of sp³-hybridized carbons (Fsp3) is 0.333. The van der Waals surface area contributed by atoms with Crippen LogP contribution < -0.4 is 9.46 Å². The maximum absolute atomic E-state index is 12.4. The molecule has 4 nitrogen and oxygen atoms in total. The number of ether oxygens (including phenoxy) is 1. The molecule has 2 rings (SSSR count). The molecule has 2 aromatic rings. The molecule has 5 heteroatoms. The molecule has 0 fully saturated rings. The summed E-state index contributed by atoms with van der Waals surface area (Å²) in [5.41, 5.74) is 1.77. The van der Waals surface area contributed by atoms with Crippen LogP contribution in [0.25, 0.3) is 0 Å². The van der Waals surface area contributed by atoms with Crippen molar-refractivity contribution in [2.45, 2.75) is 38.0 Å². The Morgan fingerprint density at radius 1 is 1.00 bits per heavy atom. The van der Waals surface area contributed by atoms with E-state index in [0.717, 1.165) is 6.42 Å². The highest BCUT2D eigenvalue weighted by Gasteiger charge is 2.14. The van der Waals surface area contributed by atoms with Gasteiger partial charge < -0.3 is 4.74 Å². The van der Waals surface area contributed by atoms with E-state index in [1.165, 1.54) is 5.56 Å². The van der Waals surface area contributed by atoms with E-state index >= 15 is 0 Å². The minimum absolute atomic E-state index is 0.215. The van der Waals surface area contributed by atoms with Crippen molar-refractivity contribution in [3.05, 3.63) is 54.1 Å². The van der Waals surface area contributed by atoms with Gasteiger partial charge >= 0.3 is 0 Å². The van der Waals surface area contributed by atoms with Crippen molar-refractivity contribution in [3.8, 4) is 5.75 Å². The van der Waals surface area contributed by atoms with Crippen molar-refractivity contribution in [1.82, 2.24) is 0 Å². The third-order valence-corrected chi connectivity index (χ3v) is 5.19. The Bertz CT molecular complexity index is 722. The number of nitrogens with one attached hydrogen (secondary N) is 1. The van der Waals surface area contributed by atoms with Crippen LogP contribution in [0.5, 0.6) is 5.75 Å². The molecule has 0 aromatic heterocycles. The Labute approximate surface area is 138 Å². The molecule has 0 aliphatic heterocycles. The largest absolute Gasteiger partial charge is 0.494 e. The van der Waals surface area contributed by atoms with Crippen LogP contribution in [-0.2, 0) is 10.0 Å². The van der Waals surface area contributed by atoms with Crippen LogP contribution in [-0.4, -0.2) is 15.0 Å². The molecule has 0 bridgehead atoms. The van der Waals surface area contributed by atoms with Gasteiger partial charge in [0.2, 0.25) is 0 Å². The maximum atomic E-state index is 12.4. The van der Waals surface area contributed by atoms with Gasteiger partial charge in [-0.25, -0.2) is 8.42 Å². The van der Waals surface area contributed by atoms with E-state index < -0.39 is 10.0 Å². The second-order valence-corrected chi connectivity index (χ2v) is 7.12. The van der Waals surface area contributed by atoms with Crippen molar-refractivity contribution in [3.63, 3.8) is 0 Å². The van der Waals surface area contributed by atoms with Crippen molar-refractivity contribution in [1.29, 1.82) is 0 Å². The molecule has 0 amide bonds. The zero-order valence-corrected chi connectivity index (χ0v) is 14.6. The first-order valence-corrected chi connectivity index (χ1v) is 9.30. The summed E-state index contributed by atoms with van der Waals surface area (Å²) in [6.45, 7) is 6.72. The van der Waals surface area contributed by atoms with Gasteiger partial charge in [0.05, 0.1) is 11.5 Å². The minimum Gasteiger partial charge on any atom is -0.494 e. The first-order chi connectivity index (χ1) is 11.0. The van der Waals surface area contributed by atoms with Crippen molar-refractivity contribution < 1.29 is 13.2 Å². The number of sulfonamides is 1. The van der Waals surface area contributed by atoms with Gasteiger partial charge in [0, 0.05) is 5.69 Å². The van der Waals surface area contributed by atoms with Crippen LogP contribution in [0.1, 0.15) is 38.7 Å². The van der Waals surface area contributed by atoms with E-state index in [0.29, 0.717) is 24.0 Å². The number of anilines is 1. The van der Waals surface area contributed by atoms with E-state index in [-0.39, 0.29) is 4.90 Å². The quantitative estimate of drug-likeness (QED) is 0.817. The lowest BCUT2D eigenvalue weighted by molar-refractivity contribution is 0.340. The third-order valence-electron chi connectivity index (χ3n) is 3.79. The highest BCUT2D eigenvalue weighted by atomic mass is 32.2. The zero-order valence-electron chi connectivity index (χ0n) is 13.7. The van der Waals surface area contributed by atoms with E-state index in [1.807, 2.05) is 19.1 Å². The number of rotatable bonds is 7. The summed E-state index contributed by atoms with van der Waals surface area (Å²) in [4.78, 5) is 0.215. The normalized spacial score (nSPS) is 12.7. The number of hydrogen-bond donors (Lipinski definition) is 1. The van der Waals surface area contributed by atoms with Crippen LogP contribution in [0.3, 0.4) is 0 Å². The van der Waals surface area contributed by atoms with Gasteiger partial charge in [-0.05, 0) is 61.2 Å². The second-order valence-electron chi connectivity index (χ2n) is 5.44. The Hall–Kier alpha value is -2.01. The van der Waals surface area contributed by atoms with Crippen LogP contribution in [0.2, 0.25) is 0 Å². The molecule has 0 heterocycles. The second kappa shape index (κ2) is 7.51. The lowest BCUT2D eigenvalue weighted by Crippen LogP contribution is -2.12. The van der Waals surface area contributed by atoms with E-state index in [9.17, 15) is 8.42 Å². The Balaban J connectivity index is 2.14. The van der Waals surface area contributed by atoms with Crippen LogP contribution in [0.15, 0.2) is 53.4 Å². The summed E-state index contributed by atoms with van der Waals surface area (Å²) in [6.07, 6.45) is 1.05. The van der Waals surface area contributed by atoms with E-state index in [1.54, 1.807) is 36.4 Å². The molecule has 1 N–H and O–H groups in total. The summed E-state index contributed by atoms with van der Waals surface area (Å²) in [5, 5.41) is 0. The molecule has 0 saturated carbocycles. The van der Waals surface area contributed by atoms with Gasteiger partial charge in [0.25, 0.3) is 10.0 Å². The number of hydrogen-bond acceptors (Lipinski definition) is 3. The Morgan fingerprint density at radius 2 is 1.61 bits per heavy atom. The summed E-state index contributed by atoms with van der Waals surface area (Å²) in [7, 11) is -3.59. The topological polar surface area (TPSA) is 55.4 Å². The average Bonchev–Trinajstić information content (AvgIpc) is 2.55. The third kappa shape index (κ3) is 4.48. The van der Waals surface area contributed by atoms with Gasteiger partial charge in [-0.1, -0.05) is 26.0 Å². The predicted octanol–water partition coefficient (Wildman–Crippen LogP) is 4.40. The molecule has 0 aliphatic rings. The molecule has 1 unspecified atom stereocenters. The van der Waals surface area contributed by atoms with Crippen LogP contribution in [0.4, 0.5) is 5.69 Å². The molecule has 0 spiro atoms. The first-order valence-electron chi connectivity index (χ1n) is 7.82. The molecular formula is C18H23NO3S. The van der Waals surface area contributed by atoms with Gasteiger partial charge in [-0.2, -0.15) is 0 Å². The molecule has 0 radical (unpaired) electrons. The smallest absolute Gasteiger partial charge is 0.261 e. The number of benzene rings is 2. The highest BCUT2D eigenvalue weighted by molar-refractivity contribution is 7.92. The maximum Gasteiger partial charge on any atom is 0.261 e. The average molecular weight is 333 g/mol. The van der Waals surface area contributed by atoms with Gasteiger partial charge in [0.1, 0.15) is 5.75 Å². The Kier molecular flexibility index (Phi) is 5.66. The monoisotopic (exact) mass is 333 g/mol. The molecular weight excluding hydrogens is 310 g/mol. The molecule has 1 atom stereocenters. The van der Waals surface area contributed by atoms with Crippen molar-refractivity contribution in [2.24, 2.45) is 0 Å². The lowest BCUT2D eigenvalue weighted by Gasteiger charge is -2.12. The minimum atomic E-state index is -3.59. The summed E-state index contributed by atoms with van der Waals surface area (Å²) < 4.78 is 32.7. The van der Waals surface area contributed by atoms with Gasteiger partial charge in [0.15, 0.2) is 0 Å². The van der Waals surface area contributed by atoms with E-state index in [2.05, 4.69) is 18.6 Å². The molecule has 0 aliphatic carbocycles. The SMILES string of the molecule is CCOc1ccc(S(=O)(=O)Nc2ccc(C(C)CC)cc2)cc1.